The molecule has 0 aliphatic rings. The van der Waals surface area contributed by atoms with E-state index in [0.29, 0.717) is 6.42 Å². The van der Waals surface area contributed by atoms with Gasteiger partial charge in [-0.3, -0.25) is 4.79 Å². The molecule has 0 saturated carbocycles. The largest absolute Gasteiger partial charge is 0.481 e. The number of hydrogen-bond donors (Lipinski definition) is 1. The monoisotopic (exact) mass is 304 g/mol. The normalized spacial score (nSPS) is 12.9. The van der Waals surface area contributed by atoms with Gasteiger partial charge in [-0.15, -0.1) is 0 Å². The number of allylic oxidation sites excluding steroid dienone is 8. The van der Waals surface area contributed by atoms with Gasteiger partial charge in [0.05, 0.1) is 0 Å². The molecule has 0 fully saturated rings. The molecule has 0 aliphatic carbocycles. The predicted octanol–water partition coefficient (Wildman–Crippen LogP) is 6.22. The molecule has 0 aromatic rings. The second-order valence-corrected chi connectivity index (χ2v) is 5.38. The van der Waals surface area contributed by atoms with Crippen molar-refractivity contribution in [1.29, 1.82) is 0 Å². The molecule has 2 heteroatoms. The van der Waals surface area contributed by atoms with Crippen LogP contribution in [0.3, 0.4) is 0 Å². The van der Waals surface area contributed by atoms with Crippen LogP contribution >= 0.6 is 0 Å². The number of unbranched alkanes of at least 4 members (excludes halogenated alkanes) is 2. The van der Waals surface area contributed by atoms with E-state index >= 15 is 0 Å². The highest BCUT2D eigenvalue weighted by Gasteiger charge is 2.01. The van der Waals surface area contributed by atoms with E-state index in [1.165, 1.54) is 12.0 Å². The van der Waals surface area contributed by atoms with Crippen molar-refractivity contribution >= 4 is 5.97 Å². The van der Waals surface area contributed by atoms with E-state index in [0.717, 1.165) is 38.5 Å². The predicted molar refractivity (Wildman–Crippen MR) is 96.0 cm³/mol. The fourth-order valence-corrected chi connectivity index (χ4v) is 2.12. The molecule has 0 saturated heterocycles. The van der Waals surface area contributed by atoms with Crippen LogP contribution in [0.15, 0.2) is 48.1 Å². The molecule has 0 bridgehead atoms. The van der Waals surface area contributed by atoms with E-state index in [1.54, 1.807) is 0 Å². The van der Waals surface area contributed by atoms with Crippen LogP contribution in [-0.2, 0) is 4.79 Å². The lowest BCUT2D eigenvalue weighted by Gasteiger charge is -2.04. The molecule has 0 spiro atoms. The number of hydrogen-bond acceptors (Lipinski definition) is 1. The zero-order valence-corrected chi connectivity index (χ0v) is 14.3. The van der Waals surface area contributed by atoms with Gasteiger partial charge in [0.1, 0.15) is 0 Å². The van der Waals surface area contributed by atoms with Gasteiger partial charge >= 0.3 is 5.97 Å². The third-order valence-electron chi connectivity index (χ3n) is 3.47. The maximum absolute atomic E-state index is 10.5. The number of carboxylic acid groups (broad SMARTS) is 1. The molecule has 0 atom stereocenters. The summed E-state index contributed by atoms with van der Waals surface area (Å²) in [6.07, 6.45) is 23.9. The highest BCUT2D eigenvalue weighted by molar-refractivity contribution is 5.67. The van der Waals surface area contributed by atoms with Gasteiger partial charge in [-0.25, -0.2) is 0 Å². The molecule has 0 aromatic carbocycles. The van der Waals surface area contributed by atoms with Crippen LogP contribution in [0.1, 0.15) is 71.6 Å². The van der Waals surface area contributed by atoms with Gasteiger partial charge in [0, 0.05) is 6.42 Å². The van der Waals surface area contributed by atoms with Gasteiger partial charge in [0.25, 0.3) is 0 Å². The van der Waals surface area contributed by atoms with Crippen molar-refractivity contribution in [2.75, 3.05) is 0 Å². The van der Waals surface area contributed by atoms with Crippen LogP contribution < -0.4 is 0 Å². The van der Waals surface area contributed by atoms with Crippen molar-refractivity contribution < 1.29 is 9.90 Å². The minimum Gasteiger partial charge on any atom is -0.481 e. The number of aliphatic carboxylic acids is 1. The fourth-order valence-electron chi connectivity index (χ4n) is 2.12. The smallest absolute Gasteiger partial charge is 0.303 e. The summed E-state index contributed by atoms with van der Waals surface area (Å²) < 4.78 is 0. The summed E-state index contributed by atoms with van der Waals surface area (Å²) in [4.78, 5) is 10.5. The zero-order valence-electron chi connectivity index (χ0n) is 14.3. The summed E-state index contributed by atoms with van der Waals surface area (Å²) in [5, 5.41) is 8.69. The van der Waals surface area contributed by atoms with Gasteiger partial charge in [-0.2, -0.15) is 0 Å². The van der Waals surface area contributed by atoms with Crippen molar-refractivity contribution in [2.24, 2.45) is 0 Å². The number of rotatable bonds is 13. The lowest BCUT2D eigenvalue weighted by atomic mass is 10.0. The molecule has 0 unspecified atom stereocenters. The van der Waals surface area contributed by atoms with Crippen LogP contribution in [0.4, 0.5) is 0 Å². The maximum Gasteiger partial charge on any atom is 0.303 e. The first-order valence-electron chi connectivity index (χ1n) is 8.51. The zero-order chi connectivity index (χ0) is 16.5. The highest BCUT2D eigenvalue weighted by Crippen LogP contribution is 2.14. The molecule has 1 N–H and O–H groups in total. The first-order valence-corrected chi connectivity index (χ1v) is 8.51. The van der Waals surface area contributed by atoms with E-state index < -0.39 is 5.97 Å². The van der Waals surface area contributed by atoms with Crippen LogP contribution in [0, 0.1) is 0 Å². The Bertz CT molecular complexity index is 387. The highest BCUT2D eigenvalue weighted by atomic mass is 16.4. The first kappa shape index (κ1) is 20.4. The van der Waals surface area contributed by atoms with Crippen molar-refractivity contribution in [1.82, 2.24) is 0 Å². The first-order chi connectivity index (χ1) is 10.7. The van der Waals surface area contributed by atoms with E-state index in [4.69, 9.17) is 5.11 Å². The Balaban J connectivity index is 3.57. The molecule has 0 heterocycles. The second-order valence-electron chi connectivity index (χ2n) is 5.38. The maximum atomic E-state index is 10.5. The van der Waals surface area contributed by atoms with Crippen molar-refractivity contribution in [3.8, 4) is 0 Å². The lowest BCUT2D eigenvalue weighted by Crippen LogP contribution is -1.95. The van der Waals surface area contributed by atoms with Gasteiger partial charge in [0.2, 0.25) is 0 Å². The van der Waals surface area contributed by atoms with E-state index in [-0.39, 0.29) is 6.42 Å². The Kier molecular flexibility index (Phi) is 14.7. The average Bonchev–Trinajstić information content (AvgIpc) is 2.51. The molecule has 0 radical (unpaired) electrons. The Morgan fingerprint density at radius 1 is 0.864 bits per heavy atom. The van der Waals surface area contributed by atoms with Crippen molar-refractivity contribution in [3.63, 3.8) is 0 Å². The van der Waals surface area contributed by atoms with E-state index in [9.17, 15) is 4.79 Å². The Morgan fingerprint density at radius 3 is 2.09 bits per heavy atom. The Labute approximate surface area is 136 Å². The second kappa shape index (κ2) is 15.8. The third-order valence-corrected chi connectivity index (χ3v) is 3.47. The van der Waals surface area contributed by atoms with Gasteiger partial charge < -0.3 is 5.11 Å². The van der Waals surface area contributed by atoms with E-state index in [2.05, 4.69) is 49.5 Å². The molecule has 0 amide bonds. The van der Waals surface area contributed by atoms with Crippen LogP contribution in [0.5, 0.6) is 0 Å². The van der Waals surface area contributed by atoms with E-state index in [1.807, 2.05) is 6.92 Å². The molecule has 22 heavy (non-hydrogen) atoms. The summed E-state index contributed by atoms with van der Waals surface area (Å²) in [6.45, 7) is 4.15. The van der Waals surface area contributed by atoms with Gasteiger partial charge in [-0.05, 0) is 58.3 Å². The van der Waals surface area contributed by atoms with Gasteiger partial charge in [0.15, 0.2) is 0 Å². The summed E-state index contributed by atoms with van der Waals surface area (Å²) in [5.74, 6) is -0.708. The molecule has 2 nitrogen and oxygen atoms in total. The van der Waals surface area contributed by atoms with Crippen LogP contribution in [-0.4, -0.2) is 11.1 Å². The minimum atomic E-state index is -0.708. The standard InChI is InChI=1S/C20H32O2/c1-3-5-6-7-8-9-10-11-12-13-14-15-16-19(4-2)17-18-20(21)22/h4-6,8-9,11-12H,3,7,10,13-18H2,1-2H3,(H,21,22)/b6-5-,9-8-,12-11-,19-4?. The number of carbonyl (C=O) groups is 1. The fraction of sp³-hybridized carbons (Fsp3) is 0.550. The van der Waals surface area contributed by atoms with Crippen molar-refractivity contribution in [2.45, 2.75) is 71.6 Å². The summed E-state index contributed by atoms with van der Waals surface area (Å²) >= 11 is 0. The molecule has 124 valence electrons. The summed E-state index contributed by atoms with van der Waals surface area (Å²) in [5.41, 5.74) is 1.27. The van der Waals surface area contributed by atoms with Crippen molar-refractivity contribution in [3.05, 3.63) is 48.1 Å². The molecule has 0 aliphatic heterocycles. The molecular formula is C20H32O2. The molecule has 0 rings (SSSR count). The topological polar surface area (TPSA) is 37.3 Å². The third kappa shape index (κ3) is 14.8. The van der Waals surface area contributed by atoms with Crippen LogP contribution in [0.2, 0.25) is 0 Å². The Hall–Kier alpha value is -1.57. The summed E-state index contributed by atoms with van der Waals surface area (Å²) in [6, 6.07) is 0. The number of carboxylic acids is 1. The summed E-state index contributed by atoms with van der Waals surface area (Å²) in [7, 11) is 0. The lowest BCUT2D eigenvalue weighted by molar-refractivity contribution is -0.136. The SMILES string of the molecule is CC=C(CCCC/C=C\C/C=C\C/C=C\CC)CCC(=O)O. The quantitative estimate of drug-likeness (QED) is 0.324. The molecule has 0 aromatic heterocycles. The van der Waals surface area contributed by atoms with Crippen LogP contribution in [0.25, 0.3) is 0 Å². The average molecular weight is 304 g/mol. The van der Waals surface area contributed by atoms with Gasteiger partial charge in [-0.1, -0.05) is 55.0 Å². The Morgan fingerprint density at radius 2 is 1.50 bits per heavy atom. The molecular weight excluding hydrogens is 272 g/mol. The minimum absolute atomic E-state index is 0.249.